The summed E-state index contributed by atoms with van der Waals surface area (Å²) < 4.78 is 70.0. The molecule has 242 valence electrons. The van der Waals surface area contributed by atoms with Crippen molar-refractivity contribution in [2.45, 2.75) is 43.9 Å². The van der Waals surface area contributed by atoms with Crippen LogP contribution in [0.4, 0.5) is 18.9 Å². The molecule has 0 aliphatic carbocycles. The monoisotopic (exact) mass is 671 g/mol. The van der Waals surface area contributed by atoms with Crippen LogP contribution in [0.2, 0.25) is 5.02 Å². The van der Waals surface area contributed by atoms with E-state index in [1.165, 1.54) is 23.1 Å². The molecule has 0 radical (unpaired) electrons. The summed E-state index contributed by atoms with van der Waals surface area (Å²) in [5.41, 5.74) is 0.541. The van der Waals surface area contributed by atoms with Gasteiger partial charge in [0.15, 0.2) is 0 Å². The minimum atomic E-state index is -4.77. The predicted molar refractivity (Wildman–Crippen MR) is 172 cm³/mol. The second-order valence-electron chi connectivity index (χ2n) is 10.6. The number of rotatable bonds is 12. The van der Waals surface area contributed by atoms with Crippen molar-refractivity contribution >= 4 is 39.1 Å². The third-order valence-electron chi connectivity index (χ3n) is 7.27. The molecule has 0 bridgehead atoms. The number of anilines is 1. The van der Waals surface area contributed by atoms with E-state index in [-0.39, 0.29) is 30.1 Å². The van der Waals surface area contributed by atoms with Crippen LogP contribution >= 0.6 is 11.6 Å². The molecule has 4 aromatic rings. The van der Waals surface area contributed by atoms with Gasteiger partial charge in [-0.1, -0.05) is 83.9 Å². The van der Waals surface area contributed by atoms with Crippen LogP contribution in [0.15, 0.2) is 108 Å². The molecule has 7 nitrogen and oxygen atoms in total. The van der Waals surface area contributed by atoms with Gasteiger partial charge < -0.3 is 10.2 Å². The Bertz CT molecular complexity index is 1770. The number of likely N-dealkylation sites (N-methyl/N-ethyl adjacent to an activating group) is 1. The zero-order valence-electron chi connectivity index (χ0n) is 25.2. The fraction of sp³-hybridized carbons (Fsp3) is 0.235. The van der Waals surface area contributed by atoms with Gasteiger partial charge in [-0.2, -0.15) is 13.2 Å². The highest BCUT2D eigenvalue weighted by Gasteiger charge is 2.36. The lowest BCUT2D eigenvalue weighted by molar-refractivity contribution is -0.140. The predicted octanol–water partition coefficient (Wildman–Crippen LogP) is 6.64. The first kappa shape index (κ1) is 34.5. The van der Waals surface area contributed by atoms with E-state index in [0.717, 1.165) is 23.3 Å². The van der Waals surface area contributed by atoms with E-state index >= 15 is 0 Å². The Balaban J connectivity index is 1.84. The number of aryl methyl sites for hydroxylation is 1. The summed E-state index contributed by atoms with van der Waals surface area (Å²) in [6, 6.07) is 24.1. The van der Waals surface area contributed by atoms with Gasteiger partial charge in [0.25, 0.3) is 10.0 Å². The fourth-order valence-electron chi connectivity index (χ4n) is 4.86. The Kier molecular flexibility index (Phi) is 11.1. The second kappa shape index (κ2) is 14.8. The number of nitrogens with one attached hydrogen (secondary N) is 1. The fourth-order valence-corrected chi connectivity index (χ4v) is 6.46. The Morgan fingerprint density at radius 2 is 1.54 bits per heavy atom. The number of alkyl halides is 3. The molecular formula is C34H33ClF3N3O4S. The van der Waals surface area contributed by atoms with Crippen molar-refractivity contribution in [1.82, 2.24) is 10.2 Å². The molecule has 4 aromatic carbocycles. The van der Waals surface area contributed by atoms with Gasteiger partial charge in [-0.15, -0.1) is 0 Å². The van der Waals surface area contributed by atoms with Crippen LogP contribution in [0.1, 0.15) is 29.2 Å². The number of sulfonamides is 1. The smallest absolute Gasteiger partial charge is 0.355 e. The maximum absolute atomic E-state index is 14.4. The number of amides is 2. The molecule has 0 saturated heterocycles. The van der Waals surface area contributed by atoms with E-state index < -0.39 is 46.2 Å². The Hall–Kier alpha value is -4.35. The molecule has 4 rings (SSSR count). The largest absolute Gasteiger partial charge is 0.416 e. The molecule has 0 unspecified atom stereocenters. The van der Waals surface area contributed by atoms with Gasteiger partial charge in [0, 0.05) is 24.5 Å². The Morgan fingerprint density at radius 1 is 0.891 bits per heavy atom. The van der Waals surface area contributed by atoms with Crippen molar-refractivity contribution < 1.29 is 31.2 Å². The van der Waals surface area contributed by atoms with Gasteiger partial charge in [-0.3, -0.25) is 13.9 Å². The molecule has 0 spiro atoms. The average molecular weight is 672 g/mol. The lowest BCUT2D eigenvalue weighted by Crippen LogP contribution is -2.53. The van der Waals surface area contributed by atoms with Gasteiger partial charge in [-0.25, -0.2) is 8.42 Å². The average Bonchev–Trinajstić information content (AvgIpc) is 3.02. The lowest BCUT2D eigenvalue weighted by Gasteiger charge is -2.34. The van der Waals surface area contributed by atoms with Crippen LogP contribution in [0.3, 0.4) is 0 Å². The number of nitrogens with zero attached hydrogens (tertiary/aromatic N) is 2. The number of hydrogen-bond donors (Lipinski definition) is 1. The van der Waals surface area contributed by atoms with Gasteiger partial charge in [0.05, 0.1) is 16.1 Å². The molecule has 0 fully saturated rings. The molecule has 0 aromatic heterocycles. The van der Waals surface area contributed by atoms with Crippen molar-refractivity contribution in [1.29, 1.82) is 0 Å². The summed E-state index contributed by atoms with van der Waals surface area (Å²) in [5, 5.41) is 3.07. The highest BCUT2D eigenvalue weighted by molar-refractivity contribution is 7.92. The van der Waals surface area contributed by atoms with E-state index in [2.05, 4.69) is 5.32 Å². The first-order valence-corrected chi connectivity index (χ1v) is 16.2. The third-order valence-corrected chi connectivity index (χ3v) is 9.43. The van der Waals surface area contributed by atoms with E-state index in [4.69, 9.17) is 11.6 Å². The summed E-state index contributed by atoms with van der Waals surface area (Å²) in [4.78, 5) is 28.9. The molecule has 12 heteroatoms. The van der Waals surface area contributed by atoms with E-state index in [1.807, 2.05) is 0 Å². The first-order chi connectivity index (χ1) is 21.8. The van der Waals surface area contributed by atoms with Gasteiger partial charge in [-0.05, 0) is 61.4 Å². The molecule has 0 heterocycles. The normalized spacial score (nSPS) is 12.3. The number of carbonyl (C=O) groups is 2. The summed E-state index contributed by atoms with van der Waals surface area (Å²) in [6.07, 6.45) is -4.69. The topological polar surface area (TPSA) is 86.8 Å². The van der Waals surface area contributed by atoms with E-state index in [1.54, 1.807) is 80.6 Å². The molecule has 1 N–H and O–H groups in total. The van der Waals surface area contributed by atoms with Crippen molar-refractivity contribution in [2.75, 3.05) is 17.4 Å². The Morgan fingerprint density at radius 3 is 2.17 bits per heavy atom. The molecule has 2 amide bonds. The minimum absolute atomic E-state index is 0.0805. The molecule has 0 aliphatic rings. The van der Waals surface area contributed by atoms with Gasteiger partial charge in [0.1, 0.15) is 12.6 Å². The quantitative estimate of drug-likeness (QED) is 0.183. The maximum Gasteiger partial charge on any atom is 0.416 e. The van der Waals surface area contributed by atoms with Crippen molar-refractivity contribution in [3.63, 3.8) is 0 Å². The summed E-state index contributed by atoms with van der Waals surface area (Å²) in [6.45, 7) is 2.67. The summed E-state index contributed by atoms with van der Waals surface area (Å²) >= 11 is 6.45. The van der Waals surface area contributed by atoms with Crippen molar-refractivity contribution in [3.8, 4) is 0 Å². The Labute approximate surface area is 271 Å². The molecule has 46 heavy (non-hydrogen) atoms. The number of hydrogen-bond acceptors (Lipinski definition) is 4. The van der Waals surface area contributed by atoms with Gasteiger partial charge in [0.2, 0.25) is 11.8 Å². The molecule has 0 aliphatic heterocycles. The minimum Gasteiger partial charge on any atom is -0.355 e. The van der Waals surface area contributed by atoms with Crippen LogP contribution < -0.4 is 9.62 Å². The summed E-state index contributed by atoms with van der Waals surface area (Å²) in [5.74, 6) is -1.31. The number of benzene rings is 4. The zero-order chi connectivity index (χ0) is 33.5. The SMILES string of the molecule is CCNC(=O)[C@@H](Cc1ccccc1)N(Cc1ccccc1Cl)C(=O)CN(c1cccc(C(F)(F)F)c1)S(=O)(=O)c1ccc(C)cc1. The highest BCUT2D eigenvalue weighted by Crippen LogP contribution is 2.33. The zero-order valence-corrected chi connectivity index (χ0v) is 26.7. The van der Waals surface area contributed by atoms with Crippen LogP contribution in [0.5, 0.6) is 0 Å². The highest BCUT2D eigenvalue weighted by atomic mass is 35.5. The molecular weight excluding hydrogens is 639 g/mol. The number of carbonyl (C=O) groups excluding carboxylic acids is 2. The van der Waals surface area contributed by atoms with Crippen molar-refractivity contribution in [3.05, 3.63) is 130 Å². The lowest BCUT2D eigenvalue weighted by atomic mass is 10.0. The number of halogens is 4. The molecule has 0 saturated carbocycles. The summed E-state index contributed by atoms with van der Waals surface area (Å²) in [7, 11) is -4.57. The first-order valence-electron chi connectivity index (χ1n) is 14.4. The van der Waals surface area contributed by atoms with Crippen LogP contribution in [-0.2, 0) is 38.8 Å². The second-order valence-corrected chi connectivity index (χ2v) is 12.9. The standard InChI is InChI=1S/C34H33ClF3N3O4S/c1-3-39-33(43)31(20-25-10-5-4-6-11-25)40(22-26-12-7-8-15-30(26)35)32(42)23-41(28-14-9-13-27(21-28)34(36,37)38)46(44,45)29-18-16-24(2)17-19-29/h4-19,21,31H,3,20,22-23H2,1-2H3,(H,39,43)/t31-/m1/s1. The maximum atomic E-state index is 14.4. The van der Waals surface area contributed by atoms with Crippen LogP contribution in [-0.4, -0.2) is 44.3 Å². The van der Waals surface area contributed by atoms with Crippen LogP contribution in [0.25, 0.3) is 0 Å². The van der Waals surface area contributed by atoms with Crippen LogP contribution in [0, 0.1) is 6.92 Å². The molecule has 1 atom stereocenters. The van der Waals surface area contributed by atoms with E-state index in [0.29, 0.717) is 21.0 Å². The van der Waals surface area contributed by atoms with Gasteiger partial charge >= 0.3 is 6.18 Å². The third kappa shape index (κ3) is 8.46. The van der Waals surface area contributed by atoms with Crippen molar-refractivity contribution in [2.24, 2.45) is 0 Å². The van der Waals surface area contributed by atoms with E-state index in [9.17, 15) is 31.2 Å².